The van der Waals surface area contributed by atoms with E-state index in [4.69, 9.17) is 5.73 Å². The van der Waals surface area contributed by atoms with E-state index in [1.54, 1.807) is 31.3 Å². The summed E-state index contributed by atoms with van der Waals surface area (Å²) in [5.74, 6) is -0.949. The molecule has 5 nitrogen and oxygen atoms in total. The van der Waals surface area contributed by atoms with E-state index in [0.29, 0.717) is 11.4 Å². The predicted molar refractivity (Wildman–Crippen MR) is 68.6 cm³/mol. The number of carbonyl (C=O) groups is 1. The van der Waals surface area contributed by atoms with Crippen LogP contribution in [-0.2, 0) is 14.6 Å². The molecule has 0 saturated heterocycles. The lowest BCUT2D eigenvalue weighted by Crippen LogP contribution is -2.32. The first-order valence-electron chi connectivity index (χ1n) is 5.18. The molecule has 0 aliphatic carbocycles. The van der Waals surface area contributed by atoms with Gasteiger partial charge in [-0.15, -0.1) is 0 Å². The van der Waals surface area contributed by atoms with E-state index in [2.05, 4.69) is 0 Å². The fourth-order valence-corrected chi connectivity index (χ4v) is 2.00. The lowest BCUT2D eigenvalue weighted by atomic mass is 10.2. The van der Waals surface area contributed by atoms with E-state index in [0.717, 1.165) is 0 Å². The molecule has 0 aliphatic heterocycles. The number of hydrogen-bond donors (Lipinski definition) is 1. The molecule has 94 valence electrons. The molecule has 17 heavy (non-hydrogen) atoms. The van der Waals surface area contributed by atoms with Gasteiger partial charge in [0.05, 0.1) is 0 Å². The third-order valence-corrected chi connectivity index (χ3v) is 4.00. The van der Waals surface area contributed by atoms with Gasteiger partial charge in [-0.1, -0.05) is 6.92 Å². The van der Waals surface area contributed by atoms with Crippen molar-refractivity contribution in [2.45, 2.75) is 6.92 Å². The van der Waals surface area contributed by atoms with Gasteiger partial charge in [0, 0.05) is 24.2 Å². The fraction of sp³-hybridized carbons (Fsp3) is 0.364. The molecule has 0 atom stereocenters. The van der Waals surface area contributed by atoms with Crippen molar-refractivity contribution in [3.05, 3.63) is 24.3 Å². The van der Waals surface area contributed by atoms with Gasteiger partial charge in [-0.2, -0.15) is 0 Å². The van der Waals surface area contributed by atoms with Crippen LogP contribution in [0.1, 0.15) is 6.92 Å². The zero-order valence-electron chi connectivity index (χ0n) is 9.88. The zero-order valence-corrected chi connectivity index (χ0v) is 10.7. The van der Waals surface area contributed by atoms with E-state index in [1.807, 2.05) is 0 Å². The molecule has 6 heteroatoms. The van der Waals surface area contributed by atoms with E-state index >= 15 is 0 Å². The Balaban J connectivity index is 2.80. The third-order valence-electron chi connectivity index (χ3n) is 2.44. The van der Waals surface area contributed by atoms with Crippen LogP contribution in [0.4, 0.5) is 11.4 Å². The minimum atomic E-state index is -3.30. The average molecular weight is 256 g/mol. The molecule has 0 heterocycles. The number of sulfone groups is 1. The van der Waals surface area contributed by atoms with Crippen LogP contribution in [-0.4, -0.2) is 32.9 Å². The topological polar surface area (TPSA) is 80.5 Å². The van der Waals surface area contributed by atoms with Crippen molar-refractivity contribution >= 4 is 27.1 Å². The normalized spacial score (nSPS) is 11.2. The molecule has 1 aromatic carbocycles. The van der Waals surface area contributed by atoms with Gasteiger partial charge in [-0.3, -0.25) is 4.79 Å². The Morgan fingerprint density at radius 1 is 1.29 bits per heavy atom. The zero-order chi connectivity index (χ0) is 13.1. The number of nitrogens with zero attached hydrogens (tertiary/aromatic N) is 1. The molecule has 0 spiro atoms. The molecule has 0 bridgehead atoms. The lowest BCUT2D eigenvalue weighted by molar-refractivity contribution is -0.115. The van der Waals surface area contributed by atoms with Gasteiger partial charge >= 0.3 is 0 Å². The molecular formula is C11H16N2O3S. The van der Waals surface area contributed by atoms with Gasteiger partial charge in [-0.05, 0) is 24.3 Å². The van der Waals surface area contributed by atoms with E-state index in [1.165, 1.54) is 11.8 Å². The number of amides is 1. The quantitative estimate of drug-likeness (QED) is 0.803. The Morgan fingerprint density at radius 2 is 1.82 bits per heavy atom. The van der Waals surface area contributed by atoms with E-state index < -0.39 is 21.5 Å². The number of nitrogens with two attached hydrogens (primary N) is 1. The molecule has 0 unspecified atom stereocenters. The number of benzene rings is 1. The first-order chi connectivity index (χ1) is 7.85. The summed E-state index contributed by atoms with van der Waals surface area (Å²) >= 11 is 0. The number of nitrogen functional groups attached to an aromatic ring is 1. The summed E-state index contributed by atoms with van der Waals surface area (Å²) in [6.07, 6.45) is 0. The molecular weight excluding hydrogens is 240 g/mol. The van der Waals surface area contributed by atoms with Crippen LogP contribution >= 0.6 is 0 Å². The maximum atomic E-state index is 11.7. The number of carbonyl (C=O) groups excluding carboxylic acids is 1. The van der Waals surface area contributed by atoms with Gasteiger partial charge in [0.25, 0.3) is 0 Å². The summed E-state index contributed by atoms with van der Waals surface area (Å²) < 4.78 is 22.7. The third kappa shape index (κ3) is 3.74. The highest BCUT2D eigenvalue weighted by atomic mass is 32.2. The Kier molecular flexibility index (Phi) is 4.11. The van der Waals surface area contributed by atoms with Gasteiger partial charge < -0.3 is 10.6 Å². The first kappa shape index (κ1) is 13.5. The monoisotopic (exact) mass is 256 g/mol. The predicted octanol–water partition coefficient (Wildman–Crippen LogP) is 0.666. The Morgan fingerprint density at radius 3 is 2.29 bits per heavy atom. The van der Waals surface area contributed by atoms with Crippen molar-refractivity contribution in [1.29, 1.82) is 0 Å². The minimum absolute atomic E-state index is 0.0334. The van der Waals surface area contributed by atoms with Crippen molar-refractivity contribution in [2.75, 3.05) is 29.2 Å². The second-order valence-electron chi connectivity index (χ2n) is 3.72. The molecule has 0 aromatic heterocycles. The summed E-state index contributed by atoms with van der Waals surface area (Å²) in [5, 5.41) is 0. The van der Waals surface area contributed by atoms with Crippen molar-refractivity contribution in [2.24, 2.45) is 0 Å². The lowest BCUT2D eigenvalue weighted by Gasteiger charge is -2.17. The summed E-state index contributed by atoms with van der Waals surface area (Å²) in [4.78, 5) is 13.0. The standard InChI is InChI=1S/C11H16N2O3S/c1-3-17(15,16)8-11(14)13(2)10-6-4-9(12)5-7-10/h4-7H,3,8,12H2,1-2H3. The minimum Gasteiger partial charge on any atom is -0.399 e. The number of rotatable bonds is 4. The molecule has 0 radical (unpaired) electrons. The maximum absolute atomic E-state index is 11.7. The second-order valence-corrected chi connectivity index (χ2v) is 6.07. The Bertz CT molecular complexity index is 494. The van der Waals surface area contributed by atoms with Crippen LogP contribution in [0.5, 0.6) is 0 Å². The first-order valence-corrected chi connectivity index (χ1v) is 7.00. The van der Waals surface area contributed by atoms with E-state index in [-0.39, 0.29) is 5.75 Å². The van der Waals surface area contributed by atoms with Gasteiger partial charge in [0.15, 0.2) is 9.84 Å². The highest BCUT2D eigenvalue weighted by Crippen LogP contribution is 2.15. The van der Waals surface area contributed by atoms with Gasteiger partial charge in [-0.25, -0.2) is 8.42 Å². The second kappa shape index (κ2) is 5.18. The van der Waals surface area contributed by atoms with Gasteiger partial charge in [0.1, 0.15) is 5.75 Å². The average Bonchev–Trinajstić information content (AvgIpc) is 2.28. The van der Waals surface area contributed by atoms with Crippen molar-refractivity contribution in [1.82, 2.24) is 0 Å². The Labute approximate surface area is 101 Å². The van der Waals surface area contributed by atoms with Crippen molar-refractivity contribution in [3.63, 3.8) is 0 Å². The molecule has 0 aliphatic rings. The van der Waals surface area contributed by atoms with Crippen LogP contribution in [0, 0.1) is 0 Å². The molecule has 1 rings (SSSR count). The Hall–Kier alpha value is -1.56. The molecule has 1 amide bonds. The van der Waals surface area contributed by atoms with Crippen LogP contribution in [0.25, 0.3) is 0 Å². The SMILES string of the molecule is CCS(=O)(=O)CC(=O)N(C)c1ccc(N)cc1. The molecule has 0 fully saturated rings. The summed E-state index contributed by atoms with van der Waals surface area (Å²) in [6.45, 7) is 1.52. The molecule has 0 saturated carbocycles. The highest BCUT2D eigenvalue weighted by molar-refractivity contribution is 7.92. The van der Waals surface area contributed by atoms with Crippen LogP contribution in [0.2, 0.25) is 0 Å². The summed E-state index contributed by atoms with van der Waals surface area (Å²) in [6, 6.07) is 6.67. The number of anilines is 2. The van der Waals surface area contributed by atoms with Crippen LogP contribution < -0.4 is 10.6 Å². The van der Waals surface area contributed by atoms with E-state index in [9.17, 15) is 13.2 Å². The summed E-state index contributed by atoms with van der Waals surface area (Å²) in [5.41, 5.74) is 6.74. The van der Waals surface area contributed by atoms with Crippen LogP contribution in [0.15, 0.2) is 24.3 Å². The smallest absolute Gasteiger partial charge is 0.241 e. The maximum Gasteiger partial charge on any atom is 0.241 e. The largest absolute Gasteiger partial charge is 0.399 e. The molecule has 1 aromatic rings. The van der Waals surface area contributed by atoms with Gasteiger partial charge in [0.2, 0.25) is 5.91 Å². The van der Waals surface area contributed by atoms with Crippen molar-refractivity contribution in [3.8, 4) is 0 Å². The van der Waals surface area contributed by atoms with Crippen LogP contribution in [0.3, 0.4) is 0 Å². The molecule has 2 N–H and O–H groups in total. The fourth-order valence-electron chi connectivity index (χ4n) is 1.23. The highest BCUT2D eigenvalue weighted by Gasteiger charge is 2.18. The summed E-state index contributed by atoms with van der Waals surface area (Å²) in [7, 11) is -1.76. The van der Waals surface area contributed by atoms with Crippen molar-refractivity contribution < 1.29 is 13.2 Å². The number of hydrogen-bond acceptors (Lipinski definition) is 4.